The Morgan fingerprint density at radius 3 is 2.11 bits per heavy atom. The second kappa shape index (κ2) is 7.77. The molecule has 0 atom stereocenters. The molecule has 1 aliphatic heterocycles. The van der Waals surface area contributed by atoms with Crippen molar-refractivity contribution in [1.29, 1.82) is 0 Å². The van der Waals surface area contributed by atoms with E-state index in [0.29, 0.717) is 5.69 Å². The average molecular weight is 395 g/mol. The average Bonchev–Trinajstić information content (AvgIpc) is 2.89. The van der Waals surface area contributed by atoms with Gasteiger partial charge in [0.25, 0.3) is 0 Å². The highest BCUT2D eigenvalue weighted by molar-refractivity contribution is 5.94. The van der Waals surface area contributed by atoms with Gasteiger partial charge < -0.3 is 20.1 Å². The second-order valence-electron chi connectivity index (χ2n) is 6.10. The molecule has 2 aromatic rings. The fourth-order valence-electron chi connectivity index (χ4n) is 2.51. The molecule has 1 heterocycles. The van der Waals surface area contributed by atoms with E-state index in [0.717, 1.165) is 0 Å². The van der Waals surface area contributed by atoms with Crippen LogP contribution in [-0.2, 0) is 9.59 Å². The van der Waals surface area contributed by atoms with Crippen LogP contribution in [-0.4, -0.2) is 43.1 Å². The van der Waals surface area contributed by atoms with E-state index in [2.05, 4.69) is 20.1 Å². The second-order valence-corrected chi connectivity index (χ2v) is 6.10. The van der Waals surface area contributed by atoms with Gasteiger partial charge in [0.1, 0.15) is 5.82 Å². The zero-order chi connectivity index (χ0) is 20.3. The van der Waals surface area contributed by atoms with Gasteiger partial charge >= 0.3 is 6.29 Å². The maximum atomic E-state index is 13.0. The molecule has 28 heavy (non-hydrogen) atoms. The number of nitrogens with zero attached hydrogens (tertiary/aromatic N) is 1. The van der Waals surface area contributed by atoms with Crippen LogP contribution in [0, 0.1) is 5.82 Å². The van der Waals surface area contributed by atoms with Gasteiger partial charge in [0.2, 0.25) is 11.8 Å². The minimum absolute atomic E-state index is 0.0852. The van der Waals surface area contributed by atoms with Crippen molar-refractivity contribution in [3.05, 3.63) is 48.3 Å². The Kier molecular flexibility index (Phi) is 5.41. The molecular formula is C18H16F3N3O4. The van der Waals surface area contributed by atoms with Crippen molar-refractivity contribution in [2.75, 3.05) is 30.8 Å². The van der Waals surface area contributed by atoms with Crippen LogP contribution in [0.4, 0.5) is 24.5 Å². The molecule has 0 spiro atoms. The molecular weight excluding hydrogens is 379 g/mol. The number of likely N-dealkylation sites (N-methyl/N-ethyl adjacent to an activating group) is 1. The minimum Gasteiger partial charge on any atom is -0.395 e. The Morgan fingerprint density at radius 2 is 1.46 bits per heavy atom. The summed E-state index contributed by atoms with van der Waals surface area (Å²) in [6, 6.07) is 9.14. The van der Waals surface area contributed by atoms with Crippen LogP contribution in [0.15, 0.2) is 42.5 Å². The predicted octanol–water partition coefficient (Wildman–Crippen LogP) is 2.66. The van der Waals surface area contributed by atoms with Gasteiger partial charge in [-0.3, -0.25) is 14.5 Å². The van der Waals surface area contributed by atoms with Crippen molar-refractivity contribution >= 4 is 23.2 Å². The summed E-state index contributed by atoms with van der Waals surface area (Å²) in [5.74, 6) is -1.57. The highest BCUT2D eigenvalue weighted by Gasteiger charge is 2.43. The van der Waals surface area contributed by atoms with Crippen molar-refractivity contribution in [3.63, 3.8) is 0 Å². The van der Waals surface area contributed by atoms with E-state index in [4.69, 9.17) is 0 Å². The highest BCUT2D eigenvalue weighted by atomic mass is 19.3. The zero-order valence-electron chi connectivity index (χ0n) is 14.7. The predicted molar refractivity (Wildman–Crippen MR) is 93.8 cm³/mol. The number of rotatable bonds is 6. The molecule has 1 aliphatic rings. The molecule has 2 amide bonds. The largest absolute Gasteiger partial charge is 0.586 e. The summed E-state index contributed by atoms with van der Waals surface area (Å²) >= 11 is 0. The molecule has 0 unspecified atom stereocenters. The first-order valence-electron chi connectivity index (χ1n) is 8.14. The first-order chi connectivity index (χ1) is 13.2. The fourth-order valence-corrected chi connectivity index (χ4v) is 2.51. The standard InChI is InChI=1S/C18H16F3N3O4/c1-24(9-16(25)22-12-4-2-11(19)3-5-12)10-17(26)23-13-6-7-14-15(8-13)28-18(20,21)27-14/h2-8H,9-10H2,1H3,(H,22,25)(H,23,26). The molecule has 0 aliphatic carbocycles. The number of amides is 2. The van der Waals surface area contributed by atoms with Crippen LogP contribution in [0.25, 0.3) is 0 Å². The van der Waals surface area contributed by atoms with E-state index >= 15 is 0 Å². The van der Waals surface area contributed by atoms with Crippen molar-refractivity contribution in [2.24, 2.45) is 0 Å². The molecule has 0 saturated carbocycles. The van der Waals surface area contributed by atoms with Crippen molar-refractivity contribution in [3.8, 4) is 11.5 Å². The number of hydrogen-bond acceptors (Lipinski definition) is 5. The minimum atomic E-state index is -3.73. The zero-order valence-corrected chi connectivity index (χ0v) is 14.7. The van der Waals surface area contributed by atoms with Gasteiger partial charge in [-0.15, -0.1) is 8.78 Å². The summed E-state index contributed by atoms with van der Waals surface area (Å²) in [4.78, 5) is 25.5. The molecule has 0 bridgehead atoms. The van der Waals surface area contributed by atoms with Crippen molar-refractivity contribution in [1.82, 2.24) is 4.90 Å². The lowest BCUT2D eigenvalue weighted by Crippen LogP contribution is -2.36. The molecule has 2 N–H and O–H groups in total. The lowest BCUT2D eigenvalue weighted by atomic mass is 10.2. The Morgan fingerprint density at radius 1 is 0.929 bits per heavy atom. The molecule has 10 heteroatoms. The van der Waals surface area contributed by atoms with Crippen LogP contribution in [0.2, 0.25) is 0 Å². The number of anilines is 2. The Bertz CT molecular complexity index is 890. The third kappa shape index (κ3) is 5.13. The molecule has 148 valence electrons. The van der Waals surface area contributed by atoms with Gasteiger partial charge in [-0.1, -0.05) is 0 Å². The Hall–Kier alpha value is -3.27. The number of alkyl halides is 2. The molecule has 0 radical (unpaired) electrons. The summed E-state index contributed by atoms with van der Waals surface area (Å²) in [7, 11) is 1.56. The lowest BCUT2D eigenvalue weighted by Gasteiger charge is -2.16. The topological polar surface area (TPSA) is 79.9 Å². The number of halogens is 3. The van der Waals surface area contributed by atoms with Crippen molar-refractivity contribution in [2.45, 2.75) is 6.29 Å². The van der Waals surface area contributed by atoms with Crippen molar-refractivity contribution < 1.29 is 32.2 Å². The monoisotopic (exact) mass is 395 g/mol. The maximum Gasteiger partial charge on any atom is 0.586 e. The summed E-state index contributed by atoms with van der Waals surface area (Å²) in [6.45, 7) is -0.209. The van der Waals surface area contributed by atoms with E-state index in [1.54, 1.807) is 7.05 Å². The quantitative estimate of drug-likeness (QED) is 0.786. The van der Waals surface area contributed by atoms with Gasteiger partial charge in [0.05, 0.1) is 13.1 Å². The molecule has 3 rings (SSSR count). The molecule has 0 aromatic heterocycles. The molecule has 0 saturated heterocycles. The van der Waals surface area contributed by atoms with E-state index < -0.39 is 18.0 Å². The first-order valence-corrected chi connectivity index (χ1v) is 8.14. The lowest BCUT2D eigenvalue weighted by molar-refractivity contribution is -0.286. The van der Waals surface area contributed by atoms with E-state index in [1.807, 2.05) is 0 Å². The number of ether oxygens (including phenoxy) is 2. The third-order valence-electron chi connectivity index (χ3n) is 3.64. The molecule has 0 fully saturated rings. The van der Waals surface area contributed by atoms with Gasteiger partial charge in [0.15, 0.2) is 11.5 Å². The van der Waals surface area contributed by atoms with E-state index in [1.165, 1.54) is 47.4 Å². The van der Waals surface area contributed by atoms with Crippen LogP contribution in [0.1, 0.15) is 0 Å². The number of nitrogens with one attached hydrogen (secondary N) is 2. The first kappa shape index (κ1) is 19.5. The number of fused-ring (bicyclic) bond motifs is 1. The molecule has 2 aromatic carbocycles. The van der Waals surface area contributed by atoms with E-state index in [-0.39, 0.29) is 36.2 Å². The van der Waals surface area contributed by atoms with Gasteiger partial charge in [0, 0.05) is 17.4 Å². The summed E-state index contributed by atoms with van der Waals surface area (Å²) < 4.78 is 47.5. The highest BCUT2D eigenvalue weighted by Crippen LogP contribution is 2.42. The smallest absolute Gasteiger partial charge is 0.395 e. The van der Waals surface area contributed by atoms with Gasteiger partial charge in [-0.2, -0.15) is 0 Å². The Balaban J connectivity index is 1.48. The van der Waals surface area contributed by atoms with E-state index in [9.17, 15) is 22.8 Å². The number of hydrogen-bond donors (Lipinski definition) is 2. The summed E-state index contributed by atoms with van der Waals surface area (Å²) in [5.41, 5.74) is 0.677. The fraction of sp³-hybridized carbons (Fsp3) is 0.222. The van der Waals surface area contributed by atoms with Crippen LogP contribution in [0.5, 0.6) is 11.5 Å². The summed E-state index contributed by atoms with van der Waals surface area (Å²) in [6.07, 6.45) is -3.73. The van der Waals surface area contributed by atoms with Gasteiger partial charge in [-0.25, -0.2) is 4.39 Å². The maximum absolute atomic E-state index is 13.0. The van der Waals surface area contributed by atoms with Crippen LogP contribution >= 0.6 is 0 Å². The SMILES string of the molecule is CN(CC(=O)Nc1ccc(F)cc1)CC(=O)Nc1ccc2c(c1)OC(F)(F)O2. The number of carbonyl (C=O) groups excluding carboxylic acids is 2. The Labute approximate surface area is 158 Å². The molecule has 7 nitrogen and oxygen atoms in total. The van der Waals surface area contributed by atoms with Crippen LogP contribution in [0.3, 0.4) is 0 Å². The third-order valence-corrected chi connectivity index (χ3v) is 3.64. The normalized spacial score (nSPS) is 14.0. The van der Waals surface area contributed by atoms with Crippen LogP contribution < -0.4 is 20.1 Å². The number of benzene rings is 2. The van der Waals surface area contributed by atoms with Gasteiger partial charge in [-0.05, 0) is 43.4 Å². The summed E-state index contributed by atoms with van der Waals surface area (Å²) in [5, 5.41) is 5.10. The number of carbonyl (C=O) groups is 2.